The maximum atomic E-state index is 13.9. The highest BCUT2D eigenvalue weighted by Gasteiger charge is 2.44. The zero-order valence-electron chi connectivity index (χ0n) is 26.5. The topological polar surface area (TPSA) is 119 Å². The fraction of sp³-hybridized carbons (Fsp3) is 0.514. The SMILES string of the molecule is CC(C)CCN1CC(=O)NC2(CCCc3ccccc32)C(=O)NCCCCN(C(=O)c2cccc(N3CCCC3=O)c2)CC1=O. The van der Waals surface area contributed by atoms with Crippen molar-refractivity contribution in [1.82, 2.24) is 20.4 Å². The zero-order chi connectivity index (χ0) is 32.0. The van der Waals surface area contributed by atoms with Gasteiger partial charge >= 0.3 is 0 Å². The van der Waals surface area contributed by atoms with Gasteiger partial charge in [-0.2, -0.15) is 0 Å². The summed E-state index contributed by atoms with van der Waals surface area (Å²) < 4.78 is 0. The van der Waals surface area contributed by atoms with Crippen molar-refractivity contribution < 1.29 is 24.0 Å². The largest absolute Gasteiger partial charge is 0.354 e. The van der Waals surface area contributed by atoms with Gasteiger partial charge < -0.3 is 25.3 Å². The molecule has 2 aliphatic heterocycles. The number of benzene rings is 2. The van der Waals surface area contributed by atoms with Gasteiger partial charge in [0.2, 0.25) is 23.6 Å². The van der Waals surface area contributed by atoms with Gasteiger partial charge in [-0.1, -0.05) is 44.2 Å². The number of carbonyl (C=O) groups excluding carboxylic acids is 5. The third kappa shape index (κ3) is 7.37. The molecule has 0 radical (unpaired) electrons. The van der Waals surface area contributed by atoms with Crippen molar-refractivity contribution in [2.75, 3.05) is 44.2 Å². The molecule has 3 aliphatic rings. The number of hydrogen-bond acceptors (Lipinski definition) is 5. The summed E-state index contributed by atoms with van der Waals surface area (Å²) in [5.74, 6) is -0.945. The second-order valence-corrected chi connectivity index (χ2v) is 12.9. The molecule has 2 heterocycles. The first-order valence-electron chi connectivity index (χ1n) is 16.3. The van der Waals surface area contributed by atoms with E-state index < -0.39 is 11.4 Å². The molecule has 2 aromatic rings. The van der Waals surface area contributed by atoms with Crippen LogP contribution in [0.15, 0.2) is 48.5 Å². The normalized spacial score (nSPS) is 21.9. The van der Waals surface area contributed by atoms with Gasteiger partial charge in [-0.05, 0) is 80.2 Å². The first-order chi connectivity index (χ1) is 21.7. The van der Waals surface area contributed by atoms with Crippen LogP contribution in [0.2, 0.25) is 0 Å². The predicted octanol–water partition coefficient (Wildman–Crippen LogP) is 3.39. The van der Waals surface area contributed by atoms with Crippen LogP contribution < -0.4 is 15.5 Å². The van der Waals surface area contributed by atoms with E-state index in [1.54, 1.807) is 23.1 Å². The molecule has 1 atom stereocenters. The average Bonchev–Trinajstić information content (AvgIpc) is 3.47. The van der Waals surface area contributed by atoms with E-state index in [1.807, 2.05) is 30.3 Å². The van der Waals surface area contributed by atoms with Gasteiger partial charge in [0.05, 0.1) is 6.54 Å². The van der Waals surface area contributed by atoms with Gasteiger partial charge in [-0.25, -0.2) is 0 Å². The van der Waals surface area contributed by atoms with Crippen LogP contribution >= 0.6 is 0 Å². The molecule has 1 aliphatic carbocycles. The van der Waals surface area contributed by atoms with E-state index in [0.29, 0.717) is 75.5 Å². The summed E-state index contributed by atoms with van der Waals surface area (Å²) in [4.78, 5) is 72.3. The molecule has 1 unspecified atom stereocenters. The second kappa shape index (κ2) is 14.3. The third-order valence-corrected chi connectivity index (χ3v) is 9.11. The number of rotatable bonds is 5. The molecule has 2 aromatic carbocycles. The number of anilines is 1. The molecule has 5 rings (SSSR count). The van der Waals surface area contributed by atoms with Gasteiger partial charge in [0.25, 0.3) is 5.91 Å². The summed E-state index contributed by atoms with van der Waals surface area (Å²) in [5.41, 5.74) is 1.73. The molecule has 10 heteroatoms. The van der Waals surface area contributed by atoms with Crippen molar-refractivity contribution in [2.24, 2.45) is 5.92 Å². The molecule has 5 amide bonds. The highest BCUT2D eigenvalue weighted by molar-refractivity contribution is 6.00. The number of carbonyl (C=O) groups is 5. The molecule has 0 bridgehead atoms. The van der Waals surface area contributed by atoms with Crippen LogP contribution in [0.3, 0.4) is 0 Å². The van der Waals surface area contributed by atoms with Crippen LogP contribution in [-0.4, -0.2) is 78.6 Å². The number of aryl methyl sites for hydroxylation is 1. The van der Waals surface area contributed by atoms with E-state index in [4.69, 9.17) is 0 Å². The van der Waals surface area contributed by atoms with Crippen LogP contribution in [0.1, 0.15) is 80.3 Å². The van der Waals surface area contributed by atoms with Gasteiger partial charge in [-0.3, -0.25) is 24.0 Å². The molecular formula is C35H45N5O5. The van der Waals surface area contributed by atoms with Crippen LogP contribution in [0.5, 0.6) is 0 Å². The predicted molar refractivity (Wildman–Crippen MR) is 171 cm³/mol. The Balaban J connectivity index is 1.40. The summed E-state index contributed by atoms with van der Waals surface area (Å²) in [5, 5.41) is 6.13. The summed E-state index contributed by atoms with van der Waals surface area (Å²) in [6.07, 6.45) is 5.19. The number of fused-ring (bicyclic) bond motifs is 2. The van der Waals surface area contributed by atoms with Crippen LogP contribution in [-0.2, 0) is 31.1 Å². The molecule has 1 spiro atoms. The van der Waals surface area contributed by atoms with Crippen molar-refractivity contribution in [1.29, 1.82) is 0 Å². The van der Waals surface area contributed by atoms with Crippen molar-refractivity contribution in [3.63, 3.8) is 0 Å². The summed E-state index contributed by atoms with van der Waals surface area (Å²) in [6.45, 7) is 5.39. The number of amides is 5. The quantitative estimate of drug-likeness (QED) is 0.535. The van der Waals surface area contributed by atoms with Gasteiger partial charge in [-0.15, -0.1) is 0 Å². The summed E-state index contributed by atoms with van der Waals surface area (Å²) >= 11 is 0. The molecule has 45 heavy (non-hydrogen) atoms. The Morgan fingerprint density at radius 3 is 2.49 bits per heavy atom. The third-order valence-electron chi connectivity index (χ3n) is 9.11. The Labute approximate surface area is 265 Å². The lowest BCUT2D eigenvalue weighted by Gasteiger charge is -2.39. The Bertz CT molecular complexity index is 1440. The van der Waals surface area contributed by atoms with E-state index >= 15 is 0 Å². The van der Waals surface area contributed by atoms with E-state index in [2.05, 4.69) is 24.5 Å². The molecule has 2 saturated heterocycles. The Morgan fingerprint density at radius 1 is 0.889 bits per heavy atom. The van der Waals surface area contributed by atoms with Gasteiger partial charge in [0, 0.05) is 43.9 Å². The maximum absolute atomic E-state index is 13.9. The van der Waals surface area contributed by atoms with Gasteiger partial charge in [0.1, 0.15) is 12.1 Å². The average molecular weight is 616 g/mol. The molecule has 2 fully saturated rings. The monoisotopic (exact) mass is 615 g/mol. The number of hydrogen-bond donors (Lipinski definition) is 2. The first kappa shape index (κ1) is 32.2. The van der Waals surface area contributed by atoms with Crippen LogP contribution in [0.4, 0.5) is 5.69 Å². The first-order valence-corrected chi connectivity index (χ1v) is 16.3. The summed E-state index contributed by atoms with van der Waals surface area (Å²) in [7, 11) is 0. The number of nitrogens with zero attached hydrogens (tertiary/aromatic N) is 3. The van der Waals surface area contributed by atoms with E-state index in [-0.39, 0.29) is 36.7 Å². The van der Waals surface area contributed by atoms with Crippen molar-refractivity contribution in [2.45, 2.75) is 70.8 Å². The highest BCUT2D eigenvalue weighted by atomic mass is 16.2. The van der Waals surface area contributed by atoms with Crippen molar-refractivity contribution in [3.8, 4) is 0 Å². The minimum Gasteiger partial charge on any atom is -0.354 e. The molecule has 0 saturated carbocycles. The standard InChI is InChI=1S/C35H45N5O5/c1-25(2)16-21-38-23-30(41)37-35(17-8-12-26-10-3-4-14-29(26)35)34(45)36-18-5-6-19-39(24-32(38)43)33(44)27-11-7-13-28(22-27)40-20-9-15-31(40)42/h3-4,7,10-11,13-14,22,25H,5-6,8-9,12,15-21,23-24H2,1-2H3,(H,36,45)(H,37,41). The second-order valence-electron chi connectivity index (χ2n) is 12.9. The lowest BCUT2D eigenvalue weighted by atomic mass is 9.75. The van der Waals surface area contributed by atoms with E-state index in [9.17, 15) is 24.0 Å². The highest BCUT2D eigenvalue weighted by Crippen LogP contribution is 2.36. The van der Waals surface area contributed by atoms with E-state index in [1.165, 1.54) is 9.80 Å². The Hall–Kier alpha value is -4.21. The molecule has 2 N–H and O–H groups in total. The van der Waals surface area contributed by atoms with Crippen molar-refractivity contribution in [3.05, 3.63) is 65.2 Å². The summed E-state index contributed by atoms with van der Waals surface area (Å²) in [6, 6.07) is 14.7. The lowest BCUT2D eigenvalue weighted by molar-refractivity contribution is -0.139. The van der Waals surface area contributed by atoms with Gasteiger partial charge in [0.15, 0.2) is 0 Å². The molecule has 10 nitrogen and oxygen atoms in total. The fourth-order valence-electron chi connectivity index (χ4n) is 6.62. The Kier molecular flexibility index (Phi) is 10.2. The van der Waals surface area contributed by atoms with Crippen LogP contribution in [0.25, 0.3) is 0 Å². The minimum atomic E-state index is -1.20. The minimum absolute atomic E-state index is 0.0349. The van der Waals surface area contributed by atoms with Crippen LogP contribution in [0, 0.1) is 5.92 Å². The smallest absolute Gasteiger partial charge is 0.254 e. The zero-order valence-corrected chi connectivity index (χ0v) is 26.5. The van der Waals surface area contributed by atoms with Crippen molar-refractivity contribution >= 4 is 35.2 Å². The molecular weight excluding hydrogens is 570 g/mol. The maximum Gasteiger partial charge on any atom is 0.254 e. The molecule has 0 aromatic heterocycles. The fourth-order valence-corrected chi connectivity index (χ4v) is 6.62. The number of nitrogens with one attached hydrogen (secondary N) is 2. The Morgan fingerprint density at radius 2 is 1.71 bits per heavy atom. The lowest BCUT2D eigenvalue weighted by Crippen LogP contribution is -2.60. The van der Waals surface area contributed by atoms with E-state index in [0.717, 1.165) is 30.4 Å². The molecule has 240 valence electrons.